The number of aliphatic imine (C=N–C) groups is 2. The Morgan fingerprint density at radius 2 is 1.32 bits per heavy atom. The molecule has 1 rings (SSSR count). The van der Waals surface area contributed by atoms with Gasteiger partial charge in [0.05, 0.1) is 13.1 Å². The minimum absolute atomic E-state index is 0. The summed E-state index contributed by atoms with van der Waals surface area (Å²) in [6, 6.07) is 8.18. The lowest BCUT2D eigenvalue weighted by atomic mass is 10.1. The third kappa shape index (κ3) is 11.6. The van der Waals surface area contributed by atoms with Crippen molar-refractivity contribution in [2.24, 2.45) is 21.5 Å². The molecular formula is C18H33IN6. The van der Waals surface area contributed by atoms with Crippen LogP contribution in [0, 0.1) is 0 Å². The highest BCUT2D eigenvalue weighted by Crippen LogP contribution is 2.07. The van der Waals surface area contributed by atoms with Gasteiger partial charge >= 0.3 is 0 Å². The van der Waals surface area contributed by atoms with Crippen LogP contribution < -0.4 is 22.1 Å². The molecule has 0 aliphatic rings. The molecule has 0 bridgehead atoms. The predicted molar refractivity (Wildman–Crippen MR) is 118 cm³/mol. The van der Waals surface area contributed by atoms with Crippen molar-refractivity contribution in [2.45, 2.75) is 52.6 Å². The molecule has 0 saturated heterocycles. The second-order valence-electron chi connectivity index (χ2n) is 5.78. The summed E-state index contributed by atoms with van der Waals surface area (Å²) in [6.07, 6.45) is 4.47. The van der Waals surface area contributed by atoms with E-state index in [-0.39, 0.29) is 24.0 Å². The van der Waals surface area contributed by atoms with Gasteiger partial charge in [-0.05, 0) is 24.0 Å². The molecule has 142 valence electrons. The van der Waals surface area contributed by atoms with Crippen LogP contribution >= 0.6 is 24.0 Å². The Bertz CT molecular complexity index is 487. The van der Waals surface area contributed by atoms with Crippen LogP contribution in [0.4, 0.5) is 0 Å². The van der Waals surface area contributed by atoms with E-state index in [1.807, 2.05) is 18.2 Å². The van der Waals surface area contributed by atoms with Crippen molar-refractivity contribution in [3.05, 3.63) is 35.4 Å². The van der Waals surface area contributed by atoms with Crippen LogP contribution in [0.25, 0.3) is 0 Å². The number of nitrogens with two attached hydrogens (primary N) is 2. The maximum atomic E-state index is 5.85. The smallest absolute Gasteiger partial charge is 0.188 e. The number of halogens is 1. The van der Waals surface area contributed by atoms with E-state index in [4.69, 9.17) is 11.5 Å². The van der Waals surface area contributed by atoms with Crippen molar-refractivity contribution in [3.8, 4) is 0 Å². The third-order valence-electron chi connectivity index (χ3n) is 3.53. The molecule has 0 amide bonds. The van der Waals surface area contributed by atoms with Gasteiger partial charge in [0, 0.05) is 13.1 Å². The van der Waals surface area contributed by atoms with Crippen LogP contribution in [0.3, 0.4) is 0 Å². The van der Waals surface area contributed by atoms with Crippen LogP contribution in [0.2, 0.25) is 0 Å². The van der Waals surface area contributed by atoms with Gasteiger partial charge in [-0.15, -0.1) is 24.0 Å². The average molecular weight is 460 g/mol. The first-order chi connectivity index (χ1) is 11.7. The summed E-state index contributed by atoms with van der Waals surface area (Å²) in [5, 5.41) is 6.23. The Morgan fingerprint density at radius 3 is 1.72 bits per heavy atom. The minimum atomic E-state index is 0. The lowest BCUT2D eigenvalue weighted by Crippen LogP contribution is -2.32. The molecule has 0 aromatic heterocycles. The van der Waals surface area contributed by atoms with Crippen molar-refractivity contribution in [1.29, 1.82) is 0 Å². The number of hydrogen-bond acceptors (Lipinski definition) is 2. The van der Waals surface area contributed by atoms with Gasteiger partial charge in [0.2, 0.25) is 0 Å². The van der Waals surface area contributed by atoms with E-state index >= 15 is 0 Å². The molecule has 6 N–H and O–H groups in total. The molecule has 7 heteroatoms. The molecule has 6 nitrogen and oxygen atoms in total. The van der Waals surface area contributed by atoms with Gasteiger partial charge in [0.25, 0.3) is 0 Å². The highest BCUT2D eigenvalue weighted by atomic mass is 127. The molecule has 0 saturated carbocycles. The van der Waals surface area contributed by atoms with Gasteiger partial charge in [-0.1, -0.05) is 51.0 Å². The Hall–Kier alpha value is -1.51. The standard InChI is InChI=1S/C18H32N6.HI/c1-3-5-10-21-17(19)23-13-15-8-7-9-16(12-15)14-24-18(20)22-11-6-4-2;/h7-9,12H,3-6,10-11,13-14H2,1-2H3,(H3,19,21,23)(H3,20,22,24);1H. The van der Waals surface area contributed by atoms with Gasteiger partial charge in [-0.3, -0.25) is 0 Å². The van der Waals surface area contributed by atoms with E-state index in [0.29, 0.717) is 25.0 Å². The van der Waals surface area contributed by atoms with E-state index in [9.17, 15) is 0 Å². The van der Waals surface area contributed by atoms with E-state index in [1.54, 1.807) is 0 Å². The van der Waals surface area contributed by atoms with E-state index < -0.39 is 0 Å². The highest BCUT2D eigenvalue weighted by molar-refractivity contribution is 14.0. The maximum absolute atomic E-state index is 5.85. The Kier molecular flexibility index (Phi) is 13.9. The molecule has 0 atom stereocenters. The quantitative estimate of drug-likeness (QED) is 0.187. The van der Waals surface area contributed by atoms with Crippen molar-refractivity contribution in [3.63, 3.8) is 0 Å². The number of nitrogens with zero attached hydrogens (tertiary/aromatic N) is 2. The molecular weight excluding hydrogens is 427 g/mol. The van der Waals surface area contributed by atoms with E-state index in [0.717, 1.165) is 49.9 Å². The average Bonchev–Trinajstić information content (AvgIpc) is 2.59. The molecule has 0 spiro atoms. The molecule has 25 heavy (non-hydrogen) atoms. The lowest BCUT2D eigenvalue weighted by molar-refractivity contribution is 0.747. The Labute approximate surface area is 169 Å². The molecule has 1 aromatic carbocycles. The molecule has 0 aliphatic carbocycles. The highest BCUT2D eigenvalue weighted by Gasteiger charge is 1.97. The topological polar surface area (TPSA) is 101 Å². The summed E-state index contributed by atoms with van der Waals surface area (Å²) >= 11 is 0. The predicted octanol–water partition coefficient (Wildman–Crippen LogP) is 2.71. The summed E-state index contributed by atoms with van der Waals surface area (Å²) in [4.78, 5) is 8.73. The van der Waals surface area contributed by atoms with E-state index in [1.165, 1.54) is 0 Å². The number of hydrogen-bond donors (Lipinski definition) is 4. The van der Waals surface area contributed by atoms with Crippen LogP contribution in [-0.2, 0) is 13.1 Å². The second-order valence-corrected chi connectivity index (χ2v) is 5.78. The molecule has 1 aromatic rings. The Balaban J connectivity index is 0.00000576. The minimum Gasteiger partial charge on any atom is -0.370 e. The monoisotopic (exact) mass is 460 g/mol. The summed E-state index contributed by atoms with van der Waals surface area (Å²) in [5.41, 5.74) is 13.9. The van der Waals surface area contributed by atoms with Crippen molar-refractivity contribution in [1.82, 2.24) is 10.6 Å². The first kappa shape index (κ1) is 23.5. The summed E-state index contributed by atoms with van der Waals surface area (Å²) in [7, 11) is 0. The molecule has 0 fully saturated rings. The van der Waals surface area contributed by atoms with Crippen molar-refractivity contribution >= 4 is 35.9 Å². The van der Waals surface area contributed by atoms with Crippen LogP contribution in [0.5, 0.6) is 0 Å². The summed E-state index contributed by atoms with van der Waals surface area (Å²) in [6.45, 7) is 7.15. The van der Waals surface area contributed by atoms with Crippen molar-refractivity contribution in [2.75, 3.05) is 13.1 Å². The Morgan fingerprint density at radius 1 is 0.880 bits per heavy atom. The summed E-state index contributed by atoms with van der Waals surface area (Å²) in [5.74, 6) is 0.993. The van der Waals surface area contributed by atoms with Gasteiger partial charge < -0.3 is 22.1 Å². The SMILES string of the molecule is CCCCNC(N)=NCc1cccc(CN=C(N)NCCCC)c1.I. The van der Waals surface area contributed by atoms with Crippen LogP contribution in [-0.4, -0.2) is 25.0 Å². The number of guanidine groups is 2. The van der Waals surface area contributed by atoms with Crippen molar-refractivity contribution < 1.29 is 0 Å². The normalized spacial score (nSPS) is 11.8. The van der Waals surface area contributed by atoms with Crippen LogP contribution in [0.15, 0.2) is 34.3 Å². The zero-order chi connectivity index (χ0) is 17.6. The second kappa shape index (κ2) is 14.8. The maximum Gasteiger partial charge on any atom is 0.188 e. The zero-order valence-electron chi connectivity index (χ0n) is 15.4. The third-order valence-corrected chi connectivity index (χ3v) is 3.53. The van der Waals surface area contributed by atoms with Gasteiger partial charge in [-0.25, -0.2) is 9.98 Å². The van der Waals surface area contributed by atoms with Gasteiger partial charge in [0.1, 0.15) is 0 Å². The first-order valence-electron chi connectivity index (χ1n) is 8.81. The lowest BCUT2D eigenvalue weighted by Gasteiger charge is -2.06. The van der Waals surface area contributed by atoms with Gasteiger partial charge in [0.15, 0.2) is 11.9 Å². The first-order valence-corrected chi connectivity index (χ1v) is 8.81. The largest absolute Gasteiger partial charge is 0.370 e. The van der Waals surface area contributed by atoms with Crippen LogP contribution in [0.1, 0.15) is 50.7 Å². The molecule has 0 unspecified atom stereocenters. The van der Waals surface area contributed by atoms with Gasteiger partial charge in [-0.2, -0.15) is 0 Å². The number of unbranched alkanes of at least 4 members (excludes halogenated alkanes) is 2. The fraction of sp³-hybridized carbons (Fsp3) is 0.556. The zero-order valence-corrected chi connectivity index (χ0v) is 17.8. The molecule has 0 heterocycles. The molecule has 0 radical (unpaired) electrons. The fourth-order valence-electron chi connectivity index (χ4n) is 2.08. The summed E-state index contributed by atoms with van der Waals surface area (Å²) < 4.78 is 0. The molecule has 0 aliphatic heterocycles. The number of nitrogens with one attached hydrogen (secondary N) is 2. The number of rotatable bonds is 10. The number of benzene rings is 1. The van der Waals surface area contributed by atoms with E-state index in [2.05, 4.69) is 40.5 Å². The fourth-order valence-corrected chi connectivity index (χ4v) is 2.08.